The Hall–Kier alpha value is -0.780. The number of benzene rings is 1. The summed E-state index contributed by atoms with van der Waals surface area (Å²) in [6, 6.07) is 3.18. The largest absolute Gasteiger partial charge is 0.493 e. The van der Waals surface area contributed by atoms with Crippen molar-refractivity contribution >= 4 is 19.7 Å². The Labute approximate surface area is 124 Å². The molecule has 0 radical (unpaired) electrons. The molecule has 0 N–H and O–H groups in total. The summed E-state index contributed by atoms with van der Waals surface area (Å²) < 4.78 is 34.0. The maximum atomic E-state index is 11.4. The highest BCUT2D eigenvalue weighted by Crippen LogP contribution is 2.29. The van der Waals surface area contributed by atoms with Crippen LogP contribution < -0.4 is 4.74 Å². The normalized spacial score (nSPS) is 17.1. The Balaban J connectivity index is 2.11. The summed E-state index contributed by atoms with van der Waals surface area (Å²) in [4.78, 5) is 0.148. The molecule has 4 nitrogen and oxygen atoms in total. The Bertz CT molecular complexity index is 577. The topological polar surface area (TPSA) is 52.6 Å². The van der Waals surface area contributed by atoms with Crippen LogP contribution in [0.1, 0.15) is 24.0 Å². The van der Waals surface area contributed by atoms with Gasteiger partial charge in [0, 0.05) is 23.9 Å². The summed E-state index contributed by atoms with van der Waals surface area (Å²) in [5, 5.41) is 0. The van der Waals surface area contributed by atoms with Gasteiger partial charge in [0.25, 0.3) is 9.05 Å². The van der Waals surface area contributed by atoms with E-state index in [1.807, 2.05) is 6.92 Å². The molecule has 0 unspecified atom stereocenters. The monoisotopic (exact) mass is 318 g/mol. The SMILES string of the molecule is Cc1c(OCC2CCOCC2)ccc(S(=O)(=O)Cl)c1C. The summed E-state index contributed by atoms with van der Waals surface area (Å²) in [5.74, 6) is 1.22. The molecule has 1 saturated heterocycles. The van der Waals surface area contributed by atoms with Gasteiger partial charge in [-0.1, -0.05) is 0 Å². The first-order chi connectivity index (χ1) is 9.39. The zero-order chi connectivity index (χ0) is 14.8. The third kappa shape index (κ3) is 3.65. The molecule has 20 heavy (non-hydrogen) atoms. The molecular formula is C14H19ClO4S. The van der Waals surface area contributed by atoms with Crippen molar-refractivity contribution in [1.29, 1.82) is 0 Å². The lowest BCUT2D eigenvalue weighted by atomic mass is 10.0. The van der Waals surface area contributed by atoms with Crippen molar-refractivity contribution in [3.05, 3.63) is 23.3 Å². The van der Waals surface area contributed by atoms with E-state index in [1.165, 1.54) is 6.07 Å². The van der Waals surface area contributed by atoms with E-state index in [9.17, 15) is 8.42 Å². The van der Waals surface area contributed by atoms with Crippen LogP contribution in [0.25, 0.3) is 0 Å². The highest BCUT2D eigenvalue weighted by molar-refractivity contribution is 8.13. The van der Waals surface area contributed by atoms with Crippen LogP contribution in [0.2, 0.25) is 0 Å². The van der Waals surface area contributed by atoms with Gasteiger partial charge in [0.05, 0.1) is 11.5 Å². The van der Waals surface area contributed by atoms with Crippen molar-refractivity contribution in [3.8, 4) is 5.75 Å². The lowest BCUT2D eigenvalue weighted by Crippen LogP contribution is -2.21. The van der Waals surface area contributed by atoms with Crippen molar-refractivity contribution in [2.75, 3.05) is 19.8 Å². The highest BCUT2D eigenvalue weighted by Gasteiger charge is 2.18. The second-order valence-corrected chi connectivity index (χ2v) is 7.65. The highest BCUT2D eigenvalue weighted by atomic mass is 35.7. The van der Waals surface area contributed by atoms with Crippen LogP contribution >= 0.6 is 10.7 Å². The Morgan fingerprint density at radius 3 is 2.50 bits per heavy atom. The molecule has 0 saturated carbocycles. The van der Waals surface area contributed by atoms with Gasteiger partial charge in [-0.2, -0.15) is 0 Å². The van der Waals surface area contributed by atoms with Crippen molar-refractivity contribution in [3.63, 3.8) is 0 Å². The molecule has 112 valence electrons. The molecule has 0 aromatic heterocycles. The molecule has 0 amide bonds. The molecule has 0 bridgehead atoms. The minimum absolute atomic E-state index is 0.148. The average molecular weight is 319 g/mol. The first-order valence-electron chi connectivity index (χ1n) is 6.65. The molecule has 2 rings (SSSR count). The van der Waals surface area contributed by atoms with Crippen molar-refractivity contribution in [2.24, 2.45) is 5.92 Å². The Morgan fingerprint density at radius 2 is 1.90 bits per heavy atom. The van der Waals surface area contributed by atoms with Crippen molar-refractivity contribution in [2.45, 2.75) is 31.6 Å². The van der Waals surface area contributed by atoms with Crippen LogP contribution in [-0.2, 0) is 13.8 Å². The molecule has 1 fully saturated rings. The maximum absolute atomic E-state index is 11.4. The number of ether oxygens (including phenoxy) is 2. The second kappa shape index (κ2) is 6.33. The van der Waals surface area contributed by atoms with Crippen LogP contribution in [0.5, 0.6) is 5.75 Å². The summed E-state index contributed by atoms with van der Waals surface area (Å²) >= 11 is 0. The molecule has 6 heteroatoms. The lowest BCUT2D eigenvalue weighted by molar-refractivity contribution is 0.0496. The van der Waals surface area contributed by atoms with Crippen LogP contribution in [0.3, 0.4) is 0 Å². The number of hydrogen-bond acceptors (Lipinski definition) is 4. The third-order valence-electron chi connectivity index (χ3n) is 3.77. The summed E-state index contributed by atoms with van der Waals surface area (Å²) in [7, 11) is 1.70. The van der Waals surface area contributed by atoms with Crippen LogP contribution in [0, 0.1) is 19.8 Å². The van der Waals surface area contributed by atoms with E-state index >= 15 is 0 Å². The van der Waals surface area contributed by atoms with E-state index in [-0.39, 0.29) is 4.90 Å². The van der Waals surface area contributed by atoms with Crippen LogP contribution in [0.15, 0.2) is 17.0 Å². The lowest BCUT2D eigenvalue weighted by Gasteiger charge is -2.23. The molecule has 0 aliphatic carbocycles. The molecule has 1 aromatic rings. The van der Waals surface area contributed by atoms with Crippen molar-refractivity contribution in [1.82, 2.24) is 0 Å². The first kappa shape index (κ1) is 15.6. The zero-order valence-corrected chi connectivity index (χ0v) is 13.3. The van der Waals surface area contributed by atoms with Gasteiger partial charge in [-0.15, -0.1) is 0 Å². The molecule has 1 aliphatic rings. The fraction of sp³-hybridized carbons (Fsp3) is 0.571. The zero-order valence-electron chi connectivity index (χ0n) is 11.7. The second-order valence-electron chi connectivity index (χ2n) is 5.12. The number of hydrogen-bond donors (Lipinski definition) is 0. The van der Waals surface area contributed by atoms with Crippen LogP contribution in [-0.4, -0.2) is 28.2 Å². The van der Waals surface area contributed by atoms with Gasteiger partial charge in [-0.05, 0) is 55.9 Å². The van der Waals surface area contributed by atoms with Gasteiger partial charge >= 0.3 is 0 Å². The van der Waals surface area contributed by atoms with E-state index in [2.05, 4.69) is 0 Å². The number of rotatable bonds is 4. The van der Waals surface area contributed by atoms with Gasteiger partial charge in [0.1, 0.15) is 5.75 Å². The minimum Gasteiger partial charge on any atom is -0.493 e. The van der Waals surface area contributed by atoms with E-state index < -0.39 is 9.05 Å². The van der Waals surface area contributed by atoms with Crippen molar-refractivity contribution < 1.29 is 17.9 Å². The van der Waals surface area contributed by atoms with Gasteiger partial charge in [0.2, 0.25) is 0 Å². The fourth-order valence-electron chi connectivity index (χ4n) is 2.31. The van der Waals surface area contributed by atoms with E-state index in [0.717, 1.165) is 37.4 Å². The predicted molar refractivity (Wildman–Crippen MR) is 78.0 cm³/mol. The molecular weight excluding hydrogens is 300 g/mol. The Kier molecular flexibility index (Phi) is 4.94. The van der Waals surface area contributed by atoms with E-state index in [0.29, 0.717) is 18.1 Å². The van der Waals surface area contributed by atoms with Crippen LogP contribution in [0.4, 0.5) is 0 Å². The molecule has 1 heterocycles. The molecule has 0 spiro atoms. The molecule has 1 aromatic carbocycles. The van der Waals surface area contributed by atoms with Gasteiger partial charge in [-0.25, -0.2) is 8.42 Å². The fourth-order valence-corrected chi connectivity index (χ4v) is 3.56. The predicted octanol–water partition coefficient (Wildman–Crippen LogP) is 3.04. The van der Waals surface area contributed by atoms with Gasteiger partial charge in [0.15, 0.2) is 0 Å². The molecule has 0 atom stereocenters. The maximum Gasteiger partial charge on any atom is 0.261 e. The molecule has 1 aliphatic heterocycles. The minimum atomic E-state index is -3.71. The van der Waals surface area contributed by atoms with Gasteiger partial charge < -0.3 is 9.47 Å². The standard InChI is InChI=1S/C14H19ClO4S/c1-10-11(2)14(20(15,16)17)4-3-13(10)19-9-12-5-7-18-8-6-12/h3-4,12H,5-9H2,1-2H3. The summed E-state index contributed by atoms with van der Waals surface area (Å²) in [6.45, 7) is 5.80. The number of halogens is 1. The average Bonchev–Trinajstić information content (AvgIpc) is 2.40. The summed E-state index contributed by atoms with van der Waals surface area (Å²) in [5.41, 5.74) is 1.46. The third-order valence-corrected chi connectivity index (χ3v) is 5.23. The smallest absolute Gasteiger partial charge is 0.261 e. The van der Waals surface area contributed by atoms with E-state index in [1.54, 1.807) is 13.0 Å². The van der Waals surface area contributed by atoms with Gasteiger partial charge in [-0.3, -0.25) is 0 Å². The summed E-state index contributed by atoms with van der Waals surface area (Å²) in [6.07, 6.45) is 2.01. The first-order valence-corrected chi connectivity index (χ1v) is 8.96. The quantitative estimate of drug-likeness (QED) is 0.801. The Morgan fingerprint density at radius 1 is 1.25 bits per heavy atom. The van der Waals surface area contributed by atoms with E-state index in [4.69, 9.17) is 20.2 Å².